The largest absolute Gasteiger partial charge is 0.480 e. The van der Waals surface area contributed by atoms with E-state index in [1.807, 2.05) is 0 Å². The molecular formula is C11H12FNO4S. The number of carboxylic acids is 1. The Kier molecular flexibility index (Phi) is 4.28. The van der Waals surface area contributed by atoms with Crippen LogP contribution in [0, 0.1) is 15.9 Å². The maximum Gasteiger partial charge on any atom is 0.319 e. The molecule has 1 aromatic rings. The van der Waals surface area contributed by atoms with Crippen LogP contribution in [0.1, 0.15) is 19.4 Å². The van der Waals surface area contributed by atoms with E-state index in [1.165, 1.54) is 13.8 Å². The molecule has 1 aromatic carbocycles. The number of aliphatic carboxylic acids is 1. The Morgan fingerprint density at radius 2 is 2.17 bits per heavy atom. The molecule has 0 aliphatic carbocycles. The third-order valence-electron chi connectivity index (χ3n) is 2.34. The molecule has 0 amide bonds. The van der Waals surface area contributed by atoms with Crippen LogP contribution in [0.15, 0.2) is 18.2 Å². The average Bonchev–Trinajstić information content (AvgIpc) is 2.26. The zero-order valence-electron chi connectivity index (χ0n) is 9.84. The predicted octanol–water partition coefficient (Wildman–Crippen LogP) is 2.83. The second-order valence-electron chi connectivity index (χ2n) is 4.13. The van der Waals surface area contributed by atoms with Crippen LogP contribution in [0.2, 0.25) is 0 Å². The lowest BCUT2D eigenvalue weighted by Crippen LogP contribution is -2.27. The second-order valence-corrected chi connectivity index (χ2v) is 5.73. The molecule has 0 saturated carbocycles. The van der Waals surface area contributed by atoms with Gasteiger partial charge < -0.3 is 5.11 Å². The number of thioether (sulfide) groups is 1. The van der Waals surface area contributed by atoms with Gasteiger partial charge in [-0.15, -0.1) is 11.8 Å². The molecule has 0 aromatic heterocycles. The maximum atomic E-state index is 13.0. The van der Waals surface area contributed by atoms with Crippen molar-refractivity contribution in [3.05, 3.63) is 39.7 Å². The van der Waals surface area contributed by atoms with Crippen LogP contribution >= 0.6 is 11.8 Å². The number of carboxylic acid groups (broad SMARTS) is 1. The molecular weight excluding hydrogens is 261 g/mol. The zero-order chi connectivity index (χ0) is 13.9. The molecule has 0 spiro atoms. The fraction of sp³-hybridized carbons (Fsp3) is 0.364. The minimum absolute atomic E-state index is 0.0629. The lowest BCUT2D eigenvalue weighted by atomic mass is 10.2. The Balaban J connectivity index is 2.94. The highest BCUT2D eigenvalue weighted by Gasteiger charge is 2.28. The number of hydrogen-bond donors (Lipinski definition) is 1. The third-order valence-corrected chi connectivity index (χ3v) is 3.69. The lowest BCUT2D eigenvalue weighted by Gasteiger charge is -2.18. The standard InChI is InChI=1S/C11H12FNO4S/c1-11(2,10(14)15)18-6-7-5-8(12)3-4-9(7)13(16)17/h3-5H,6H2,1-2H3,(H,14,15). The summed E-state index contributed by atoms with van der Waals surface area (Å²) in [6.45, 7) is 2.98. The minimum Gasteiger partial charge on any atom is -0.480 e. The molecule has 1 N–H and O–H groups in total. The van der Waals surface area contributed by atoms with Gasteiger partial charge in [0.1, 0.15) is 10.6 Å². The number of nitrogens with zero attached hydrogens (tertiary/aromatic N) is 1. The van der Waals surface area contributed by atoms with Gasteiger partial charge in [-0.2, -0.15) is 0 Å². The highest BCUT2D eigenvalue weighted by Crippen LogP contribution is 2.31. The quantitative estimate of drug-likeness (QED) is 0.659. The number of benzene rings is 1. The molecule has 18 heavy (non-hydrogen) atoms. The Morgan fingerprint density at radius 1 is 1.56 bits per heavy atom. The smallest absolute Gasteiger partial charge is 0.319 e. The lowest BCUT2D eigenvalue weighted by molar-refractivity contribution is -0.385. The first-order valence-corrected chi connectivity index (χ1v) is 6.03. The summed E-state index contributed by atoms with van der Waals surface area (Å²) >= 11 is 1.01. The third kappa shape index (κ3) is 3.43. The van der Waals surface area contributed by atoms with Crippen LogP contribution in [-0.4, -0.2) is 20.7 Å². The molecule has 0 aliphatic rings. The first-order valence-electron chi connectivity index (χ1n) is 5.04. The van der Waals surface area contributed by atoms with E-state index in [9.17, 15) is 19.3 Å². The van der Waals surface area contributed by atoms with Gasteiger partial charge in [-0.05, 0) is 26.0 Å². The molecule has 0 radical (unpaired) electrons. The molecule has 0 saturated heterocycles. The van der Waals surface area contributed by atoms with E-state index >= 15 is 0 Å². The van der Waals surface area contributed by atoms with Crippen molar-refractivity contribution in [3.63, 3.8) is 0 Å². The van der Waals surface area contributed by atoms with Crippen LogP contribution in [-0.2, 0) is 10.5 Å². The van der Waals surface area contributed by atoms with Crippen molar-refractivity contribution >= 4 is 23.4 Å². The van der Waals surface area contributed by atoms with Gasteiger partial charge in [0.05, 0.1) is 4.92 Å². The normalized spacial score (nSPS) is 11.3. The van der Waals surface area contributed by atoms with E-state index in [0.717, 1.165) is 30.0 Å². The van der Waals surface area contributed by atoms with Crippen molar-refractivity contribution in [2.75, 3.05) is 0 Å². The van der Waals surface area contributed by atoms with E-state index in [4.69, 9.17) is 5.11 Å². The Labute approximate surface area is 107 Å². The van der Waals surface area contributed by atoms with Gasteiger partial charge in [-0.3, -0.25) is 14.9 Å². The van der Waals surface area contributed by atoms with Crippen LogP contribution < -0.4 is 0 Å². The Morgan fingerprint density at radius 3 is 2.67 bits per heavy atom. The number of nitro benzene ring substituents is 1. The monoisotopic (exact) mass is 273 g/mol. The van der Waals surface area contributed by atoms with Crippen LogP contribution in [0.4, 0.5) is 10.1 Å². The Bertz CT molecular complexity index is 490. The van der Waals surface area contributed by atoms with Gasteiger partial charge >= 0.3 is 5.97 Å². The summed E-state index contributed by atoms with van der Waals surface area (Å²) in [5.74, 6) is -1.54. The van der Waals surface area contributed by atoms with Gasteiger partial charge in [0, 0.05) is 17.4 Å². The molecule has 0 aliphatic heterocycles. The zero-order valence-corrected chi connectivity index (χ0v) is 10.7. The molecule has 0 heterocycles. The fourth-order valence-corrected chi connectivity index (χ4v) is 2.04. The van der Waals surface area contributed by atoms with Crippen molar-refractivity contribution in [1.29, 1.82) is 0 Å². The van der Waals surface area contributed by atoms with Gasteiger partial charge in [0.25, 0.3) is 5.69 Å². The summed E-state index contributed by atoms with van der Waals surface area (Å²) in [7, 11) is 0. The van der Waals surface area contributed by atoms with Crippen molar-refractivity contribution in [2.45, 2.75) is 24.3 Å². The van der Waals surface area contributed by atoms with E-state index in [2.05, 4.69) is 0 Å². The molecule has 0 bridgehead atoms. The Hall–Kier alpha value is -1.63. The average molecular weight is 273 g/mol. The summed E-state index contributed by atoms with van der Waals surface area (Å²) in [5.41, 5.74) is -0.0237. The minimum atomic E-state index is -1.08. The summed E-state index contributed by atoms with van der Waals surface area (Å²) < 4.78 is 12.0. The molecule has 0 atom stereocenters. The SMILES string of the molecule is CC(C)(SCc1cc(F)ccc1[N+](=O)[O-])C(=O)O. The predicted molar refractivity (Wildman–Crippen MR) is 66.1 cm³/mol. The molecule has 5 nitrogen and oxygen atoms in total. The van der Waals surface area contributed by atoms with E-state index < -0.39 is 21.5 Å². The van der Waals surface area contributed by atoms with Crippen molar-refractivity contribution in [3.8, 4) is 0 Å². The van der Waals surface area contributed by atoms with Gasteiger partial charge in [-0.25, -0.2) is 4.39 Å². The molecule has 98 valence electrons. The van der Waals surface area contributed by atoms with Crippen molar-refractivity contribution in [1.82, 2.24) is 0 Å². The molecule has 7 heteroatoms. The summed E-state index contributed by atoms with van der Waals surface area (Å²) in [4.78, 5) is 21.0. The maximum absolute atomic E-state index is 13.0. The molecule has 0 fully saturated rings. The van der Waals surface area contributed by atoms with E-state index in [0.29, 0.717) is 0 Å². The summed E-state index contributed by atoms with van der Waals surface area (Å²) in [6.07, 6.45) is 0. The van der Waals surface area contributed by atoms with E-state index in [-0.39, 0.29) is 17.0 Å². The summed E-state index contributed by atoms with van der Waals surface area (Å²) in [6, 6.07) is 3.15. The first-order chi connectivity index (χ1) is 8.24. The second kappa shape index (κ2) is 5.34. The van der Waals surface area contributed by atoms with Gasteiger partial charge in [0.2, 0.25) is 0 Å². The van der Waals surface area contributed by atoms with Crippen molar-refractivity contribution in [2.24, 2.45) is 0 Å². The number of nitro groups is 1. The highest BCUT2D eigenvalue weighted by atomic mass is 32.2. The molecule has 0 unspecified atom stereocenters. The van der Waals surface area contributed by atoms with Gasteiger partial charge in [0.15, 0.2) is 0 Å². The number of halogens is 1. The van der Waals surface area contributed by atoms with Crippen molar-refractivity contribution < 1.29 is 19.2 Å². The fourth-order valence-electron chi connectivity index (χ4n) is 1.17. The summed E-state index contributed by atoms with van der Waals surface area (Å²) in [5, 5.41) is 19.7. The first kappa shape index (κ1) is 14.4. The number of rotatable bonds is 5. The van der Waals surface area contributed by atoms with Crippen LogP contribution in [0.5, 0.6) is 0 Å². The van der Waals surface area contributed by atoms with E-state index in [1.54, 1.807) is 0 Å². The van der Waals surface area contributed by atoms with Crippen LogP contribution in [0.3, 0.4) is 0 Å². The van der Waals surface area contributed by atoms with Crippen LogP contribution in [0.25, 0.3) is 0 Å². The highest BCUT2D eigenvalue weighted by molar-refractivity contribution is 8.00. The molecule has 1 rings (SSSR count). The number of hydrogen-bond acceptors (Lipinski definition) is 4. The number of carbonyl (C=O) groups is 1. The topological polar surface area (TPSA) is 80.4 Å². The van der Waals surface area contributed by atoms with Gasteiger partial charge in [-0.1, -0.05) is 0 Å².